The van der Waals surface area contributed by atoms with Crippen LogP contribution in [0.3, 0.4) is 0 Å². The van der Waals surface area contributed by atoms with Gasteiger partial charge in [-0.05, 0) is 80.6 Å². The smallest absolute Gasteiger partial charge is 0.155 e. The lowest BCUT2D eigenvalue weighted by Crippen LogP contribution is -2.33. The number of hydrogen-bond acceptors (Lipinski definition) is 3. The van der Waals surface area contributed by atoms with E-state index in [1.165, 1.54) is 43.3 Å². The SMILES string of the molecule is C=c1/c(=C\C=C(/C)c2ccc3cc(C4=c5ccccc5=CC/C4=N\c4ncc5ccccc5c4C)ccc3c2)ccc2cccnc12. The van der Waals surface area contributed by atoms with Crippen molar-refractivity contribution in [3.8, 4) is 0 Å². The van der Waals surface area contributed by atoms with Gasteiger partial charge < -0.3 is 0 Å². The lowest BCUT2D eigenvalue weighted by Gasteiger charge is -2.16. The quantitative estimate of drug-likeness (QED) is 0.207. The molecule has 0 radical (unpaired) electrons. The molecule has 0 spiro atoms. The number of nitrogens with zero attached hydrogens (tertiary/aromatic N) is 3. The average Bonchev–Trinajstić information content (AvgIpc) is 3.12. The van der Waals surface area contributed by atoms with Crippen LogP contribution in [-0.4, -0.2) is 15.7 Å². The summed E-state index contributed by atoms with van der Waals surface area (Å²) in [5, 5.41) is 10.3. The second kappa shape index (κ2) is 11.8. The summed E-state index contributed by atoms with van der Waals surface area (Å²) in [6, 6.07) is 38.7. The molecule has 1 aliphatic rings. The van der Waals surface area contributed by atoms with Gasteiger partial charge in [-0.3, -0.25) is 4.98 Å². The largest absolute Gasteiger partial charge is 0.256 e. The Morgan fingerprint density at radius 1 is 0.787 bits per heavy atom. The number of fused-ring (bicyclic) bond motifs is 4. The normalized spacial score (nSPS) is 14.6. The van der Waals surface area contributed by atoms with Gasteiger partial charge in [0.25, 0.3) is 0 Å². The first kappa shape index (κ1) is 28.5. The summed E-state index contributed by atoms with van der Waals surface area (Å²) in [7, 11) is 0. The van der Waals surface area contributed by atoms with Crippen molar-refractivity contribution >= 4 is 73.9 Å². The third-order valence-corrected chi connectivity index (χ3v) is 9.31. The van der Waals surface area contributed by atoms with Crippen molar-refractivity contribution < 1.29 is 0 Å². The first-order valence-corrected chi connectivity index (χ1v) is 16.0. The molecule has 0 saturated carbocycles. The molecule has 8 rings (SSSR count). The Bertz CT molecular complexity index is 2700. The Balaban J connectivity index is 1.19. The van der Waals surface area contributed by atoms with E-state index in [0.29, 0.717) is 0 Å². The van der Waals surface area contributed by atoms with E-state index in [9.17, 15) is 0 Å². The zero-order valence-electron chi connectivity index (χ0n) is 26.5. The zero-order chi connectivity index (χ0) is 31.9. The number of benzene rings is 5. The summed E-state index contributed by atoms with van der Waals surface area (Å²) in [6.45, 7) is 8.58. The predicted octanol–water partition coefficient (Wildman–Crippen LogP) is 7.69. The van der Waals surface area contributed by atoms with Crippen LogP contribution >= 0.6 is 0 Å². The van der Waals surface area contributed by atoms with Crippen LogP contribution in [0.1, 0.15) is 30.0 Å². The van der Waals surface area contributed by atoms with Crippen LogP contribution in [0.5, 0.6) is 0 Å². The van der Waals surface area contributed by atoms with Gasteiger partial charge in [-0.1, -0.05) is 116 Å². The summed E-state index contributed by atoms with van der Waals surface area (Å²) >= 11 is 0. The number of pyridine rings is 2. The molecule has 2 aromatic heterocycles. The predicted molar refractivity (Wildman–Crippen MR) is 199 cm³/mol. The van der Waals surface area contributed by atoms with Crippen LogP contribution in [0.2, 0.25) is 0 Å². The molecule has 0 unspecified atom stereocenters. The molecule has 1 aliphatic carbocycles. The number of hydrogen-bond donors (Lipinski definition) is 0. The summed E-state index contributed by atoms with van der Waals surface area (Å²) in [5.41, 5.74) is 7.80. The van der Waals surface area contributed by atoms with Gasteiger partial charge in [-0.15, -0.1) is 0 Å². The highest BCUT2D eigenvalue weighted by Crippen LogP contribution is 2.29. The fourth-order valence-electron chi connectivity index (χ4n) is 6.67. The van der Waals surface area contributed by atoms with Crippen LogP contribution in [0, 0.1) is 6.92 Å². The van der Waals surface area contributed by atoms with E-state index in [1.54, 1.807) is 0 Å². The summed E-state index contributed by atoms with van der Waals surface area (Å²) in [5.74, 6) is 0.777. The Morgan fingerprint density at radius 3 is 2.51 bits per heavy atom. The summed E-state index contributed by atoms with van der Waals surface area (Å²) in [6.07, 6.45) is 11.1. The Morgan fingerprint density at radius 2 is 1.57 bits per heavy atom. The van der Waals surface area contributed by atoms with Crippen LogP contribution in [0.25, 0.3) is 62.3 Å². The summed E-state index contributed by atoms with van der Waals surface area (Å²) in [4.78, 5) is 14.5. The highest BCUT2D eigenvalue weighted by atomic mass is 14.9. The van der Waals surface area contributed by atoms with Crippen LogP contribution in [0.15, 0.2) is 133 Å². The van der Waals surface area contributed by atoms with Crippen molar-refractivity contribution in [2.45, 2.75) is 20.3 Å². The molecule has 0 fully saturated rings. The van der Waals surface area contributed by atoms with Crippen LogP contribution in [-0.2, 0) is 0 Å². The molecular weight excluding hydrogens is 571 g/mol. The molecular formula is C44H33N3. The first-order chi connectivity index (χ1) is 23.0. The van der Waals surface area contributed by atoms with E-state index in [0.717, 1.165) is 55.8 Å². The number of aromatic nitrogens is 2. The van der Waals surface area contributed by atoms with Gasteiger partial charge in [0.2, 0.25) is 0 Å². The van der Waals surface area contributed by atoms with Gasteiger partial charge >= 0.3 is 0 Å². The van der Waals surface area contributed by atoms with Gasteiger partial charge in [0, 0.05) is 45.9 Å². The van der Waals surface area contributed by atoms with E-state index >= 15 is 0 Å². The lowest BCUT2D eigenvalue weighted by molar-refractivity contribution is 1.24. The molecule has 7 aromatic rings. The van der Waals surface area contributed by atoms with E-state index < -0.39 is 0 Å². The van der Waals surface area contributed by atoms with Gasteiger partial charge in [-0.25, -0.2) is 9.98 Å². The molecule has 47 heavy (non-hydrogen) atoms. The van der Waals surface area contributed by atoms with Gasteiger partial charge in [0.05, 0.1) is 11.2 Å². The first-order valence-electron chi connectivity index (χ1n) is 16.0. The molecule has 3 nitrogen and oxygen atoms in total. The maximum atomic E-state index is 5.23. The van der Waals surface area contributed by atoms with E-state index in [2.05, 4.69) is 147 Å². The number of aryl methyl sites for hydroxylation is 1. The van der Waals surface area contributed by atoms with Crippen molar-refractivity contribution in [3.05, 3.63) is 165 Å². The van der Waals surface area contributed by atoms with E-state index in [-0.39, 0.29) is 0 Å². The minimum absolute atomic E-state index is 0.750. The monoisotopic (exact) mass is 603 g/mol. The molecule has 0 atom stereocenters. The van der Waals surface area contributed by atoms with E-state index in [4.69, 9.17) is 9.98 Å². The van der Waals surface area contributed by atoms with Crippen LogP contribution in [0.4, 0.5) is 5.82 Å². The highest BCUT2D eigenvalue weighted by Gasteiger charge is 2.17. The fourth-order valence-corrected chi connectivity index (χ4v) is 6.67. The molecule has 0 N–H and O–H groups in total. The van der Waals surface area contributed by atoms with Crippen molar-refractivity contribution in [1.29, 1.82) is 0 Å². The maximum absolute atomic E-state index is 5.23. The maximum Gasteiger partial charge on any atom is 0.155 e. The zero-order valence-corrected chi connectivity index (χ0v) is 26.5. The molecule has 0 saturated heterocycles. The minimum atomic E-state index is 0.750. The number of allylic oxidation sites excluding steroid dienone is 2. The lowest BCUT2D eigenvalue weighted by atomic mass is 9.90. The van der Waals surface area contributed by atoms with Crippen LogP contribution < -0.4 is 20.9 Å². The second-order valence-corrected chi connectivity index (χ2v) is 12.2. The number of aliphatic imine (C=N–C) groups is 1. The van der Waals surface area contributed by atoms with Gasteiger partial charge in [0.1, 0.15) is 0 Å². The molecule has 0 aliphatic heterocycles. The van der Waals surface area contributed by atoms with E-state index in [1.807, 2.05) is 18.5 Å². The fraction of sp³-hybridized carbons (Fsp3) is 0.0682. The molecule has 5 aromatic carbocycles. The topological polar surface area (TPSA) is 38.1 Å². The Kier molecular flexibility index (Phi) is 7.15. The third-order valence-electron chi connectivity index (χ3n) is 9.31. The molecule has 3 heteroatoms. The number of rotatable bonds is 4. The van der Waals surface area contributed by atoms with Gasteiger partial charge in [0.15, 0.2) is 5.82 Å². The van der Waals surface area contributed by atoms with Crippen molar-refractivity contribution in [3.63, 3.8) is 0 Å². The summed E-state index contributed by atoms with van der Waals surface area (Å²) < 4.78 is 0. The molecule has 2 heterocycles. The minimum Gasteiger partial charge on any atom is -0.256 e. The average molecular weight is 604 g/mol. The molecule has 0 bridgehead atoms. The van der Waals surface area contributed by atoms with Crippen molar-refractivity contribution in [1.82, 2.24) is 9.97 Å². The third kappa shape index (κ3) is 5.26. The standard InChI is InChI=1S/C44H33N3/c1-28(14-15-31-16-17-33-11-8-24-45-43(33)29(31)2)34-18-19-36-26-37(21-20-35(36)25-34)42-40-13-7-4-9-32(40)22-23-41(42)47-44-30(3)39-12-6-5-10-38(39)27-46-44/h4-22,24-27H,2,23H2,1,3H3/b28-14+,31-15-,47-41+. The molecule has 224 valence electrons. The molecule has 0 amide bonds. The Hall–Kier alpha value is -5.93. The van der Waals surface area contributed by atoms with Crippen molar-refractivity contribution in [2.24, 2.45) is 4.99 Å². The second-order valence-electron chi connectivity index (χ2n) is 12.2. The highest BCUT2D eigenvalue weighted by molar-refractivity contribution is 6.26. The van der Waals surface area contributed by atoms with Gasteiger partial charge in [-0.2, -0.15) is 0 Å². The Labute approximate surface area is 273 Å². The van der Waals surface area contributed by atoms with Crippen molar-refractivity contribution in [2.75, 3.05) is 0 Å².